The van der Waals surface area contributed by atoms with Crippen LogP contribution in [-0.4, -0.2) is 32.8 Å². The molecule has 1 N–H and O–H groups in total. The Kier molecular flexibility index (Phi) is 3.45. The Labute approximate surface area is 136 Å². The first kappa shape index (κ1) is 14.1. The van der Waals surface area contributed by atoms with Gasteiger partial charge in [0.25, 0.3) is 5.91 Å². The van der Waals surface area contributed by atoms with Crippen LogP contribution < -0.4 is 10.1 Å². The van der Waals surface area contributed by atoms with Crippen molar-refractivity contribution >= 4 is 22.8 Å². The third-order valence-electron chi connectivity index (χ3n) is 3.78. The fourth-order valence-corrected chi connectivity index (χ4v) is 3.38. The van der Waals surface area contributed by atoms with E-state index in [1.165, 1.54) is 12.8 Å². The van der Waals surface area contributed by atoms with Crippen LogP contribution in [0.25, 0.3) is 5.52 Å². The minimum absolute atomic E-state index is 0.201. The van der Waals surface area contributed by atoms with E-state index in [1.807, 2.05) is 6.07 Å². The lowest BCUT2D eigenvalue weighted by molar-refractivity contribution is 0.0952. The molecule has 0 atom stereocenters. The third-order valence-corrected chi connectivity index (χ3v) is 4.86. The van der Waals surface area contributed by atoms with Crippen molar-refractivity contribution in [1.82, 2.24) is 25.1 Å². The van der Waals surface area contributed by atoms with Crippen molar-refractivity contribution in [2.24, 2.45) is 0 Å². The van der Waals surface area contributed by atoms with Crippen LogP contribution in [0, 0.1) is 0 Å². The van der Waals surface area contributed by atoms with E-state index in [9.17, 15) is 4.79 Å². The molecule has 1 fully saturated rings. The summed E-state index contributed by atoms with van der Waals surface area (Å²) in [6, 6.07) is 3.63. The van der Waals surface area contributed by atoms with Gasteiger partial charge < -0.3 is 10.1 Å². The molecular formula is C15H15N5O2S. The van der Waals surface area contributed by atoms with Crippen molar-refractivity contribution in [3.63, 3.8) is 0 Å². The van der Waals surface area contributed by atoms with E-state index in [4.69, 9.17) is 4.74 Å². The van der Waals surface area contributed by atoms with Crippen LogP contribution >= 0.6 is 11.3 Å². The van der Waals surface area contributed by atoms with Crippen molar-refractivity contribution in [2.75, 3.05) is 7.11 Å². The number of ether oxygens (including phenoxy) is 1. The zero-order chi connectivity index (χ0) is 15.8. The lowest BCUT2D eigenvalue weighted by Crippen LogP contribution is -2.22. The quantitative estimate of drug-likeness (QED) is 0.774. The number of fused-ring (bicyclic) bond motifs is 1. The van der Waals surface area contributed by atoms with Gasteiger partial charge in [-0.1, -0.05) is 11.3 Å². The highest BCUT2D eigenvalue weighted by molar-refractivity contribution is 7.11. The molecule has 3 aromatic heterocycles. The topological polar surface area (TPSA) is 81.4 Å². The van der Waals surface area contributed by atoms with Gasteiger partial charge in [0, 0.05) is 12.1 Å². The Morgan fingerprint density at radius 1 is 1.48 bits per heavy atom. The van der Waals surface area contributed by atoms with E-state index in [1.54, 1.807) is 41.4 Å². The number of rotatable bonds is 5. The maximum absolute atomic E-state index is 12.5. The molecule has 8 heteroatoms. The summed E-state index contributed by atoms with van der Waals surface area (Å²) in [6.07, 6.45) is 5.72. The van der Waals surface area contributed by atoms with Crippen LogP contribution in [0.4, 0.5) is 0 Å². The van der Waals surface area contributed by atoms with Gasteiger partial charge in [-0.2, -0.15) is 5.10 Å². The molecule has 0 aliphatic heterocycles. The van der Waals surface area contributed by atoms with Gasteiger partial charge in [0.15, 0.2) is 0 Å². The smallest absolute Gasteiger partial charge is 0.255 e. The number of nitrogens with zero attached hydrogens (tertiary/aromatic N) is 4. The highest BCUT2D eigenvalue weighted by atomic mass is 32.1. The average molecular weight is 329 g/mol. The fraction of sp³-hybridized carbons (Fsp3) is 0.333. The number of hydrogen-bond donors (Lipinski definition) is 1. The van der Waals surface area contributed by atoms with Crippen LogP contribution in [0.15, 0.2) is 24.5 Å². The molecule has 1 aliphatic rings. The Bertz CT molecular complexity index is 868. The summed E-state index contributed by atoms with van der Waals surface area (Å²) in [4.78, 5) is 12.5. The molecule has 3 aromatic rings. The fourth-order valence-electron chi connectivity index (χ4n) is 2.43. The Morgan fingerprint density at radius 3 is 3.13 bits per heavy atom. The van der Waals surface area contributed by atoms with E-state index in [2.05, 4.69) is 20.6 Å². The summed E-state index contributed by atoms with van der Waals surface area (Å²) >= 11 is 1.57. The largest absolute Gasteiger partial charge is 0.494 e. The summed E-state index contributed by atoms with van der Waals surface area (Å²) in [5.41, 5.74) is 1.14. The highest BCUT2D eigenvalue weighted by Gasteiger charge is 2.27. The molecule has 1 amide bonds. The van der Waals surface area contributed by atoms with Crippen molar-refractivity contribution in [3.05, 3.63) is 40.1 Å². The molecule has 0 unspecified atom stereocenters. The number of nitrogens with one attached hydrogen (secondary N) is 1. The van der Waals surface area contributed by atoms with Gasteiger partial charge in [0.2, 0.25) is 0 Å². The first-order valence-electron chi connectivity index (χ1n) is 7.37. The van der Waals surface area contributed by atoms with E-state index in [0.29, 0.717) is 29.3 Å². The number of hydrogen-bond acceptors (Lipinski definition) is 6. The predicted octanol–water partition coefficient (Wildman–Crippen LogP) is 2.00. The standard InChI is InChI=1S/C15H15N5O2S/c1-22-11-3-2-6-20-13(11)10(7-17-20)14(21)16-8-12-18-19-15(23-12)9-4-5-9/h2-3,6-7,9H,4-5,8H2,1H3,(H,16,21). The van der Waals surface area contributed by atoms with Crippen LogP contribution in [-0.2, 0) is 6.54 Å². The number of carbonyl (C=O) groups is 1. The normalized spacial score (nSPS) is 14.1. The minimum atomic E-state index is -0.201. The van der Waals surface area contributed by atoms with E-state index in [-0.39, 0.29) is 5.91 Å². The Morgan fingerprint density at radius 2 is 2.35 bits per heavy atom. The van der Waals surface area contributed by atoms with Gasteiger partial charge in [-0.25, -0.2) is 4.52 Å². The van der Waals surface area contributed by atoms with Gasteiger partial charge >= 0.3 is 0 Å². The van der Waals surface area contributed by atoms with Gasteiger partial charge in [-0.05, 0) is 25.0 Å². The Balaban J connectivity index is 1.52. The van der Waals surface area contributed by atoms with Crippen LogP contribution in [0.1, 0.15) is 39.1 Å². The first-order valence-corrected chi connectivity index (χ1v) is 8.18. The second-order valence-electron chi connectivity index (χ2n) is 5.42. The second kappa shape index (κ2) is 5.62. The zero-order valence-electron chi connectivity index (χ0n) is 12.5. The summed E-state index contributed by atoms with van der Waals surface area (Å²) in [5.74, 6) is 0.996. The molecule has 0 bridgehead atoms. The van der Waals surface area contributed by atoms with E-state index < -0.39 is 0 Å². The molecule has 118 valence electrons. The first-order chi connectivity index (χ1) is 11.3. The molecule has 3 heterocycles. The molecule has 7 nitrogen and oxygen atoms in total. The van der Waals surface area contributed by atoms with Gasteiger partial charge in [0.1, 0.15) is 21.3 Å². The zero-order valence-corrected chi connectivity index (χ0v) is 13.3. The SMILES string of the molecule is COc1cccn2ncc(C(=O)NCc3nnc(C4CC4)s3)c12. The third kappa shape index (κ3) is 2.65. The number of amides is 1. The van der Waals surface area contributed by atoms with E-state index >= 15 is 0 Å². The van der Waals surface area contributed by atoms with Crippen molar-refractivity contribution in [1.29, 1.82) is 0 Å². The van der Waals surface area contributed by atoms with E-state index in [0.717, 1.165) is 10.0 Å². The summed E-state index contributed by atoms with van der Waals surface area (Å²) in [7, 11) is 1.57. The van der Waals surface area contributed by atoms with Crippen LogP contribution in [0.5, 0.6) is 5.75 Å². The molecule has 1 saturated carbocycles. The molecule has 4 rings (SSSR count). The minimum Gasteiger partial charge on any atom is -0.494 e. The van der Waals surface area contributed by atoms with Gasteiger partial charge in [0.05, 0.1) is 25.4 Å². The average Bonchev–Trinajstić information content (AvgIpc) is 3.16. The maximum Gasteiger partial charge on any atom is 0.255 e. The lowest BCUT2D eigenvalue weighted by Gasteiger charge is -2.05. The highest BCUT2D eigenvalue weighted by Crippen LogP contribution is 2.41. The summed E-state index contributed by atoms with van der Waals surface area (Å²) in [6.45, 7) is 0.371. The van der Waals surface area contributed by atoms with Crippen LogP contribution in [0.3, 0.4) is 0 Å². The lowest BCUT2D eigenvalue weighted by atomic mass is 10.2. The van der Waals surface area contributed by atoms with Crippen LogP contribution in [0.2, 0.25) is 0 Å². The van der Waals surface area contributed by atoms with Gasteiger partial charge in [-0.3, -0.25) is 4.79 Å². The predicted molar refractivity (Wildman–Crippen MR) is 84.8 cm³/mol. The second-order valence-corrected chi connectivity index (χ2v) is 6.51. The molecular weight excluding hydrogens is 314 g/mol. The molecule has 1 aliphatic carbocycles. The molecule has 0 radical (unpaired) electrons. The molecule has 0 aromatic carbocycles. The molecule has 23 heavy (non-hydrogen) atoms. The monoisotopic (exact) mass is 329 g/mol. The number of methoxy groups -OCH3 is 1. The van der Waals surface area contributed by atoms with Crippen molar-refractivity contribution in [2.45, 2.75) is 25.3 Å². The van der Waals surface area contributed by atoms with Crippen molar-refractivity contribution < 1.29 is 9.53 Å². The van der Waals surface area contributed by atoms with Crippen molar-refractivity contribution in [3.8, 4) is 5.75 Å². The number of aromatic nitrogens is 4. The van der Waals surface area contributed by atoms with Gasteiger partial charge in [-0.15, -0.1) is 10.2 Å². The summed E-state index contributed by atoms with van der Waals surface area (Å²) < 4.78 is 6.94. The summed E-state index contributed by atoms with van der Waals surface area (Å²) in [5, 5.41) is 17.3. The number of carbonyl (C=O) groups excluding carboxylic acids is 1. The number of pyridine rings is 1. The molecule has 0 spiro atoms. The Hall–Kier alpha value is -2.48. The maximum atomic E-state index is 12.5. The molecule has 0 saturated heterocycles.